The van der Waals surface area contributed by atoms with Crippen molar-refractivity contribution in [2.24, 2.45) is 0 Å². The highest BCUT2D eigenvalue weighted by molar-refractivity contribution is 9.10. The molecule has 0 aliphatic carbocycles. The minimum atomic E-state index is -0.397. The molecule has 1 aromatic heterocycles. The third-order valence-electron chi connectivity index (χ3n) is 1.50. The Morgan fingerprint density at radius 3 is 3.13 bits per heavy atom. The Balaban J connectivity index is 2.62. The van der Waals surface area contributed by atoms with E-state index in [2.05, 4.69) is 31.2 Å². The van der Waals surface area contributed by atoms with Gasteiger partial charge in [0.05, 0.1) is 12.9 Å². The number of H-pyrrole nitrogens is 1. The van der Waals surface area contributed by atoms with Crippen LogP contribution in [0.1, 0.15) is 6.92 Å². The van der Waals surface area contributed by atoms with E-state index in [1.807, 2.05) is 0 Å². The van der Waals surface area contributed by atoms with Crippen LogP contribution in [0.2, 0.25) is 0 Å². The summed E-state index contributed by atoms with van der Waals surface area (Å²) in [5.74, 6) is -0.0849. The Morgan fingerprint density at radius 2 is 2.47 bits per heavy atom. The number of nitrogens with one attached hydrogen (secondary N) is 2. The second kappa shape index (κ2) is 5.50. The van der Waals surface area contributed by atoms with E-state index in [-0.39, 0.29) is 16.6 Å². The number of anilines is 1. The van der Waals surface area contributed by atoms with Gasteiger partial charge in [0.1, 0.15) is 16.8 Å². The van der Waals surface area contributed by atoms with E-state index in [4.69, 9.17) is 4.74 Å². The van der Waals surface area contributed by atoms with Crippen LogP contribution < -0.4 is 10.9 Å². The molecule has 6 nitrogen and oxygen atoms in total. The summed E-state index contributed by atoms with van der Waals surface area (Å²) in [5.41, 5.74) is -0.309. The average Bonchev–Trinajstić information content (AvgIpc) is 2.21. The third-order valence-corrected chi connectivity index (χ3v) is 2.24. The maximum Gasteiger partial charge on any atom is 0.325 e. The summed E-state index contributed by atoms with van der Waals surface area (Å²) in [5, 5.41) is 2.69. The number of carbonyl (C=O) groups excluding carboxylic acids is 1. The molecule has 2 N–H and O–H groups in total. The van der Waals surface area contributed by atoms with E-state index >= 15 is 0 Å². The van der Waals surface area contributed by atoms with Gasteiger partial charge in [0.15, 0.2) is 0 Å². The van der Waals surface area contributed by atoms with Gasteiger partial charge in [0, 0.05) is 0 Å². The zero-order valence-electron chi connectivity index (χ0n) is 8.04. The van der Waals surface area contributed by atoms with Crippen molar-refractivity contribution in [2.75, 3.05) is 18.5 Å². The highest BCUT2D eigenvalue weighted by atomic mass is 79.9. The van der Waals surface area contributed by atoms with Gasteiger partial charge >= 0.3 is 5.97 Å². The number of hydrogen-bond acceptors (Lipinski definition) is 5. The Hall–Kier alpha value is -1.37. The molecule has 7 heteroatoms. The highest BCUT2D eigenvalue weighted by Gasteiger charge is 2.07. The van der Waals surface area contributed by atoms with Crippen LogP contribution in [-0.4, -0.2) is 29.1 Å². The monoisotopic (exact) mass is 275 g/mol. The number of aromatic amines is 1. The van der Waals surface area contributed by atoms with E-state index in [0.717, 1.165) is 0 Å². The molecule has 0 amide bonds. The lowest BCUT2D eigenvalue weighted by Crippen LogP contribution is -2.19. The van der Waals surface area contributed by atoms with Gasteiger partial charge < -0.3 is 15.0 Å². The van der Waals surface area contributed by atoms with Gasteiger partial charge in [-0.1, -0.05) is 0 Å². The van der Waals surface area contributed by atoms with Crippen LogP contribution in [0.5, 0.6) is 0 Å². The lowest BCUT2D eigenvalue weighted by molar-refractivity contribution is -0.140. The summed E-state index contributed by atoms with van der Waals surface area (Å²) in [6.07, 6.45) is 1.25. The van der Waals surface area contributed by atoms with Crippen LogP contribution in [0.3, 0.4) is 0 Å². The van der Waals surface area contributed by atoms with Crippen molar-refractivity contribution < 1.29 is 9.53 Å². The second-order valence-corrected chi connectivity index (χ2v) is 3.35. The van der Waals surface area contributed by atoms with Crippen molar-refractivity contribution in [3.8, 4) is 0 Å². The maximum atomic E-state index is 11.1. The third kappa shape index (κ3) is 3.35. The molecule has 82 valence electrons. The zero-order chi connectivity index (χ0) is 11.3. The van der Waals surface area contributed by atoms with E-state index < -0.39 is 5.97 Å². The largest absolute Gasteiger partial charge is 0.465 e. The molecule has 0 saturated heterocycles. The molecule has 1 heterocycles. The predicted octanol–water partition coefficient (Wildman–Crippen LogP) is 0.507. The van der Waals surface area contributed by atoms with Crippen LogP contribution in [0, 0.1) is 0 Å². The number of halogens is 1. The summed E-state index contributed by atoms with van der Waals surface area (Å²) in [6, 6.07) is 0. The van der Waals surface area contributed by atoms with Gasteiger partial charge in [-0.25, -0.2) is 4.98 Å². The molecule has 1 aromatic rings. The fraction of sp³-hybridized carbons (Fsp3) is 0.375. The van der Waals surface area contributed by atoms with E-state index in [0.29, 0.717) is 12.4 Å². The zero-order valence-corrected chi connectivity index (χ0v) is 9.63. The van der Waals surface area contributed by atoms with Gasteiger partial charge in [-0.2, -0.15) is 0 Å². The number of hydrogen-bond donors (Lipinski definition) is 2. The standard InChI is InChI=1S/C8H10BrN3O3/c1-2-15-5(13)3-10-7-6(9)8(14)12-4-11-7/h4H,2-3H2,1H3,(H2,10,11,12,14). The number of ether oxygens (including phenoxy) is 1. The van der Waals surface area contributed by atoms with E-state index in [1.54, 1.807) is 6.92 Å². The second-order valence-electron chi connectivity index (χ2n) is 2.55. The van der Waals surface area contributed by atoms with Crippen molar-refractivity contribution in [1.82, 2.24) is 9.97 Å². The number of nitrogens with zero attached hydrogens (tertiary/aromatic N) is 1. The number of carbonyl (C=O) groups is 1. The lowest BCUT2D eigenvalue weighted by atomic mass is 10.5. The molecular formula is C8H10BrN3O3. The predicted molar refractivity (Wildman–Crippen MR) is 57.7 cm³/mol. The summed E-state index contributed by atoms with van der Waals surface area (Å²) >= 11 is 3.05. The van der Waals surface area contributed by atoms with Gasteiger partial charge in [0.2, 0.25) is 0 Å². The fourth-order valence-corrected chi connectivity index (χ4v) is 1.23. The molecule has 0 radical (unpaired) electrons. The fourth-order valence-electron chi connectivity index (χ4n) is 0.874. The molecule has 0 spiro atoms. The molecule has 0 bridgehead atoms. The molecule has 15 heavy (non-hydrogen) atoms. The molecule has 1 rings (SSSR count). The first-order valence-electron chi connectivity index (χ1n) is 4.27. The van der Waals surface area contributed by atoms with E-state index in [9.17, 15) is 9.59 Å². The molecule has 0 aliphatic rings. The van der Waals surface area contributed by atoms with Crippen LogP contribution in [0.25, 0.3) is 0 Å². The first-order valence-corrected chi connectivity index (χ1v) is 5.07. The topological polar surface area (TPSA) is 84.1 Å². The SMILES string of the molecule is CCOC(=O)CNc1nc[nH]c(=O)c1Br. The van der Waals surface area contributed by atoms with Crippen molar-refractivity contribution in [1.29, 1.82) is 0 Å². The number of rotatable bonds is 4. The molecule has 0 atom stereocenters. The van der Waals surface area contributed by atoms with Gasteiger partial charge in [-0.05, 0) is 22.9 Å². The van der Waals surface area contributed by atoms with Gasteiger partial charge in [-0.3, -0.25) is 9.59 Å². The van der Waals surface area contributed by atoms with Crippen molar-refractivity contribution in [3.05, 3.63) is 21.2 Å². The summed E-state index contributed by atoms with van der Waals surface area (Å²) < 4.78 is 4.96. The normalized spacial score (nSPS) is 9.73. The molecule has 0 unspecified atom stereocenters. The average molecular weight is 276 g/mol. The van der Waals surface area contributed by atoms with Crippen molar-refractivity contribution in [2.45, 2.75) is 6.92 Å². The summed E-state index contributed by atoms with van der Waals surface area (Å²) in [7, 11) is 0. The van der Waals surface area contributed by atoms with Crippen LogP contribution in [0.15, 0.2) is 15.6 Å². The minimum absolute atomic E-state index is 0.0249. The Morgan fingerprint density at radius 1 is 1.73 bits per heavy atom. The minimum Gasteiger partial charge on any atom is -0.465 e. The molecule has 0 fully saturated rings. The van der Waals surface area contributed by atoms with E-state index in [1.165, 1.54) is 6.33 Å². The summed E-state index contributed by atoms with van der Waals surface area (Å²) in [6.45, 7) is 2.02. The smallest absolute Gasteiger partial charge is 0.325 e. The Bertz CT molecular complexity index is 404. The van der Waals surface area contributed by atoms with Crippen molar-refractivity contribution >= 4 is 27.7 Å². The van der Waals surface area contributed by atoms with Gasteiger partial charge in [-0.15, -0.1) is 0 Å². The van der Waals surface area contributed by atoms with Crippen molar-refractivity contribution in [3.63, 3.8) is 0 Å². The maximum absolute atomic E-state index is 11.1. The van der Waals surface area contributed by atoms with Crippen LogP contribution >= 0.6 is 15.9 Å². The van der Waals surface area contributed by atoms with Crippen LogP contribution in [-0.2, 0) is 9.53 Å². The Kier molecular flexibility index (Phi) is 4.29. The first kappa shape index (κ1) is 11.7. The lowest BCUT2D eigenvalue weighted by Gasteiger charge is -2.05. The molecule has 0 aliphatic heterocycles. The van der Waals surface area contributed by atoms with Gasteiger partial charge in [0.25, 0.3) is 5.56 Å². The number of esters is 1. The molecular weight excluding hydrogens is 266 g/mol. The first-order chi connectivity index (χ1) is 7.15. The number of aromatic nitrogens is 2. The molecule has 0 aromatic carbocycles. The van der Waals surface area contributed by atoms with Crippen LogP contribution in [0.4, 0.5) is 5.82 Å². The highest BCUT2D eigenvalue weighted by Crippen LogP contribution is 2.12. The quantitative estimate of drug-likeness (QED) is 0.783. The summed E-state index contributed by atoms with van der Waals surface area (Å²) in [4.78, 5) is 28.3. The molecule has 0 saturated carbocycles. The Labute approximate surface area is 94.2 Å².